The Balaban J connectivity index is 2.16. The van der Waals surface area contributed by atoms with Crippen LogP contribution < -0.4 is 5.73 Å². The Labute approximate surface area is 126 Å². The van der Waals surface area contributed by atoms with Crippen molar-refractivity contribution in [2.24, 2.45) is 5.73 Å². The van der Waals surface area contributed by atoms with Gasteiger partial charge in [-0.05, 0) is 40.5 Å². The predicted octanol–water partition coefficient (Wildman–Crippen LogP) is 0.352. The molecule has 120 valence electrons. The molecule has 2 N–H and O–H groups in total. The monoisotopic (exact) mass is 297 g/mol. The number of amides is 2. The lowest BCUT2D eigenvalue weighted by atomic mass is 9.88. The van der Waals surface area contributed by atoms with E-state index in [-0.39, 0.29) is 29.9 Å². The number of piperazine rings is 1. The Hall–Kier alpha value is -1.14. The molecular formula is C15H27N3O3. The van der Waals surface area contributed by atoms with Crippen LogP contribution in [0.25, 0.3) is 0 Å². The van der Waals surface area contributed by atoms with Crippen LogP contribution in [0.4, 0.5) is 0 Å². The van der Waals surface area contributed by atoms with E-state index in [2.05, 4.69) is 0 Å². The first-order valence-corrected chi connectivity index (χ1v) is 7.65. The Morgan fingerprint density at radius 3 is 2.33 bits per heavy atom. The minimum absolute atomic E-state index is 0.00902. The standard InChI is InChI=1S/C15H27N3O3/c1-11(2)18-12(19)9-17(10-14(18,3)4)13(20)15(16)5-7-21-8-6-15/h11H,5-10,16H2,1-4H3. The number of nitrogens with zero attached hydrogens (tertiary/aromatic N) is 2. The van der Waals surface area contributed by atoms with Crippen molar-refractivity contribution in [3.8, 4) is 0 Å². The molecule has 0 unspecified atom stereocenters. The van der Waals surface area contributed by atoms with Gasteiger partial charge in [-0.1, -0.05) is 0 Å². The first-order valence-electron chi connectivity index (χ1n) is 7.65. The average molecular weight is 297 g/mol. The van der Waals surface area contributed by atoms with E-state index in [4.69, 9.17) is 10.5 Å². The maximum absolute atomic E-state index is 12.8. The highest BCUT2D eigenvalue weighted by Crippen LogP contribution is 2.28. The Kier molecular flexibility index (Phi) is 4.31. The highest BCUT2D eigenvalue weighted by atomic mass is 16.5. The lowest BCUT2D eigenvalue weighted by Crippen LogP contribution is -2.68. The number of carbonyl (C=O) groups is 2. The van der Waals surface area contributed by atoms with Crippen LogP contribution in [-0.2, 0) is 14.3 Å². The van der Waals surface area contributed by atoms with Gasteiger partial charge in [0, 0.05) is 25.8 Å². The van der Waals surface area contributed by atoms with Crippen LogP contribution in [-0.4, -0.2) is 65.0 Å². The summed E-state index contributed by atoms with van der Waals surface area (Å²) in [6.07, 6.45) is 1.04. The van der Waals surface area contributed by atoms with E-state index in [0.29, 0.717) is 32.6 Å². The summed E-state index contributed by atoms with van der Waals surface area (Å²) in [7, 11) is 0. The van der Waals surface area contributed by atoms with Gasteiger partial charge in [-0.2, -0.15) is 0 Å². The van der Waals surface area contributed by atoms with Gasteiger partial charge in [0.15, 0.2) is 0 Å². The van der Waals surface area contributed by atoms with Gasteiger partial charge in [-0.25, -0.2) is 0 Å². The summed E-state index contributed by atoms with van der Waals surface area (Å²) < 4.78 is 5.29. The van der Waals surface area contributed by atoms with Gasteiger partial charge >= 0.3 is 0 Å². The van der Waals surface area contributed by atoms with E-state index in [0.717, 1.165) is 0 Å². The second-order valence-electron chi connectivity index (χ2n) is 7.10. The highest BCUT2D eigenvalue weighted by molar-refractivity contribution is 5.91. The number of hydrogen-bond donors (Lipinski definition) is 1. The van der Waals surface area contributed by atoms with E-state index in [1.807, 2.05) is 32.6 Å². The van der Waals surface area contributed by atoms with Crippen LogP contribution in [0, 0.1) is 0 Å². The van der Waals surface area contributed by atoms with E-state index < -0.39 is 5.54 Å². The van der Waals surface area contributed by atoms with E-state index in [1.54, 1.807) is 4.90 Å². The third kappa shape index (κ3) is 3.06. The van der Waals surface area contributed by atoms with E-state index in [1.165, 1.54) is 0 Å². The molecule has 2 heterocycles. The SMILES string of the molecule is CC(C)N1C(=O)CN(C(=O)C2(N)CCOCC2)CC1(C)C. The second-order valence-corrected chi connectivity index (χ2v) is 7.10. The maximum Gasteiger partial charge on any atom is 0.243 e. The van der Waals surface area contributed by atoms with Gasteiger partial charge in [0.05, 0.1) is 17.6 Å². The molecule has 0 bridgehead atoms. The van der Waals surface area contributed by atoms with Gasteiger partial charge in [0.2, 0.25) is 11.8 Å². The quantitative estimate of drug-likeness (QED) is 0.798. The fraction of sp³-hybridized carbons (Fsp3) is 0.867. The van der Waals surface area contributed by atoms with Gasteiger partial charge in [-0.3, -0.25) is 9.59 Å². The topological polar surface area (TPSA) is 75.9 Å². The van der Waals surface area contributed by atoms with Crippen LogP contribution in [0.3, 0.4) is 0 Å². The van der Waals surface area contributed by atoms with Crippen LogP contribution >= 0.6 is 0 Å². The number of carbonyl (C=O) groups excluding carboxylic acids is 2. The molecule has 0 atom stereocenters. The van der Waals surface area contributed by atoms with Crippen LogP contribution in [0.5, 0.6) is 0 Å². The van der Waals surface area contributed by atoms with Crippen molar-refractivity contribution in [2.75, 3.05) is 26.3 Å². The number of hydrogen-bond acceptors (Lipinski definition) is 4. The third-order valence-electron chi connectivity index (χ3n) is 4.44. The zero-order chi connectivity index (χ0) is 15.8. The fourth-order valence-electron chi connectivity index (χ4n) is 3.57. The smallest absolute Gasteiger partial charge is 0.243 e. The molecule has 6 heteroatoms. The fourth-order valence-corrected chi connectivity index (χ4v) is 3.57. The zero-order valence-corrected chi connectivity index (χ0v) is 13.5. The molecule has 0 aromatic heterocycles. The zero-order valence-electron chi connectivity index (χ0n) is 13.5. The molecule has 2 aliphatic heterocycles. The largest absolute Gasteiger partial charge is 0.381 e. The first kappa shape index (κ1) is 16.2. The summed E-state index contributed by atoms with van der Waals surface area (Å²) in [5.74, 6) is -0.124. The maximum atomic E-state index is 12.8. The van der Waals surface area contributed by atoms with Crippen LogP contribution in [0.1, 0.15) is 40.5 Å². The molecule has 0 spiro atoms. The number of nitrogens with two attached hydrogens (primary N) is 1. The third-order valence-corrected chi connectivity index (χ3v) is 4.44. The molecule has 0 saturated carbocycles. The van der Waals surface area contributed by atoms with Crippen molar-refractivity contribution in [2.45, 2.75) is 57.7 Å². The molecule has 0 aliphatic carbocycles. The molecule has 0 radical (unpaired) electrons. The Morgan fingerprint density at radius 1 is 1.29 bits per heavy atom. The number of ether oxygens (including phenoxy) is 1. The Morgan fingerprint density at radius 2 is 1.86 bits per heavy atom. The molecule has 0 aromatic rings. The molecule has 0 aromatic carbocycles. The summed E-state index contributed by atoms with van der Waals surface area (Å²) in [4.78, 5) is 28.7. The Bertz CT molecular complexity index is 428. The van der Waals surface area contributed by atoms with Crippen molar-refractivity contribution < 1.29 is 14.3 Å². The molecule has 6 nitrogen and oxygen atoms in total. The van der Waals surface area contributed by atoms with Gasteiger partial charge < -0.3 is 20.3 Å². The normalized spacial score (nSPS) is 25.3. The average Bonchev–Trinajstić information content (AvgIpc) is 2.36. The van der Waals surface area contributed by atoms with Crippen LogP contribution in [0.15, 0.2) is 0 Å². The summed E-state index contributed by atoms with van der Waals surface area (Å²) in [5.41, 5.74) is 5.01. The lowest BCUT2D eigenvalue weighted by molar-refractivity contribution is -0.159. The minimum atomic E-state index is -0.880. The van der Waals surface area contributed by atoms with Crippen molar-refractivity contribution in [3.63, 3.8) is 0 Å². The van der Waals surface area contributed by atoms with Crippen molar-refractivity contribution in [3.05, 3.63) is 0 Å². The molecule has 2 rings (SSSR count). The summed E-state index contributed by atoms with van der Waals surface area (Å²) in [6.45, 7) is 9.65. The molecule has 21 heavy (non-hydrogen) atoms. The van der Waals surface area contributed by atoms with Gasteiger partial charge in [0.25, 0.3) is 0 Å². The highest BCUT2D eigenvalue weighted by Gasteiger charge is 2.46. The first-order chi connectivity index (χ1) is 9.67. The molecule has 2 amide bonds. The summed E-state index contributed by atoms with van der Waals surface area (Å²) in [5, 5.41) is 0. The lowest BCUT2D eigenvalue weighted by Gasteiger charge is -2.50. The van der Waals surface area contributed by atoms with Crippen LogP contribution in [0.2, 0.25) is 0 Å². The predicted molar refractivity (Wildman–Crippen MR) is 79.6 cm³/mol. The van der Waals surface area contributed by atoms with E-state index in [9.17, 15) is 9.59 Å². The molecular weight excluding hydrogens is 270 g/mol. The minimum Gasteiger partial charge on any atom is -0.381 e. The van der Waals surface area contributed by atoms with E-state index >= 15 is 0 Å². The van der Waals surface area contributed by atoms with Crippen molar-refractivity contribution >= 4 is 11.8 Å². The second kappa shape index (κ2) is 5.57. The van der Waals surface area contributed by atoms with Gasteiger partial charge in [-0.15, -0.1) is 0 Å². The summed E-state index contributed by atoms with van der Waals surface area (Å²) >= 11 is 0. The molecule has 2 aliphatic rings. The molecule has 2 saturated heterocycles. The van der Waals surface area contributed by atoms with Crippen molar-refractivity contribution in [1.29, 1.82) is 0 Å². The molecule has 2 fully saturated rings. The number of rotatable bonds is 2. The van der Waals surface area contributed by atoms with Crippen molar-refractivity contribution in [1.82, 2.24) is 9.80 Å². The summed E-state index contributed by atoms with van der Waals surface area (Å²) in [6, 6.07) is 0.125. The van der Waals surface area contributed by atoms with Gasteiger partial charge in [0.1, 0.15) is 0 Å².